The Morgan fingerprint density at radius 3 is 2.52 bits per heavy atom. The molecule has 4 rings (SSSR count). The molecule has 1 aliphatic rings. The third-order valence-corrected chi connectivity index (χ3v) is 6.23. The highest BCUT2D eigenvalue weighted by molar-refractivity contribution is 5.26. The van der Waals surface area contributed by atoms with Crippen molar-refractivity contribution in [2.24, 2.45) is 0 Å². The first kappa shape index (κ1) is 23.4. The Balaban J connectivity index is 1.42. The molecule has 33 heavy (non-hydrogen) atoms. The summed E-state index contributed by atoms with van der Waals surface area (Å²) < 4.78 is 43.6. The zero-order valence-electron chi connectivity index (χ0n) is 18.5. The Morgan fingerprint density at radius 1 is 1.09 bits per heavy atom. The average molecular weight is 460 g/mol. The average Bonchev–Trinajstić information content (AvgIpc) is 3.27. The predicted molar refractivity (Wildman–Crippen MR) is 118 cm³/mol. The van der Waals surface area contributed by atoms with Crippen LogP contribution in [0.15, 0.2) is 55.1 Å². The fourth-order valence-corrected chi connectivity index (χ4v) is 4.70. The quantitative estimate of drug-likeness (QED) is 0.560. The van der Waals surface area contributed by atoms with Crippen LogP contribution in [0, 0.1) is 17.5 Å². The van der Waals surface area contributed by atoms with Crippen molar-refractivity contribution in [2.75, 3.05) is 33.4 Å². The van der Waals surface area contributed by atoms with Gasteiger partial charge in [0.15, 0.2) is 0 Å². The van der Waals surface area contributed by atoms with E-state index in [-0.39, 0.29) is 30.4 Å². The number of likely N-dealkylation sites (N-methyl/N-ethyl adjacent to an activating group) is 1. The molecule has 1 N–H and O–H groups in total. The summed E-state index contributed by atoms with van der Waals surface area (Å²) in [6, 6.07) is 10.1. The molecule has 176 valence electrons. The van der Waals surface area contributed by atoms with E-state index in [2.05, 4.69) is 15.0 Å². The molecule has 0 spiro atoms. The second-order valence-corrected chi connectivity index (χ2v) is 8.82. The van der Waals surface area contributed by atoms with Crippen molar-refractivity contribution in [2.45, 2.75) is 30.9 Å². The fourth-order valence-electron chi connectivity index (χ4n) is 4.70. The lowest BCUT2D eigenvalue weighted by molar-refractivity contribution is -0.0285. The highest BCUT2D eigenvalue weighted by atomic mass is 19.1. The standard InChI is InChI=1S/C24H28F3N5O/c1-30(17-31-10-8-18(9-11-31)20-4-2-3-5-22(20)26)13-24(33,14-32-16-28-15-29-32)21-7-6-19(25)12-23(21)27/h2-7,12,15-16,18,33H,8-11,13-14,17H2,1H3. The van der Waals surface area contributed by atoms with Crippen molar-refractivity contribution in [1.29, 1.82) is 0 Å². The number of likely N-dealkylation sites (tertiary alicyclic amines) is 1. The SMILES string of the molecule is CN(CN1CCC(c2ccccc2F)CC1)CC(O)(Cn1cncn1)c1ccc(F)cc1F. The number of benzene rings is 2. The third-order valence-electron chi connectivity index (χ3n) is 6.23. The zero-order chi connectivity index (χ0) is 23.4. The van der Waals surface area contributed by atoms with E-state index >= 15 is 0 Å². The largest absolute Gasteiger partial charge is 0.382 e. The van der Waals surface area contributed by atoms with Gasteiger partial charge in [-0.2, -0.15) is 5.10 Å². The topological polar surface area (TPSA) is 57.4 Å². The number of halogens is 3. The van der Waals surface area contributed by atoms with Gasteiger partial charge in [0.25, 0.3) is 0 Å². The van der Waals surface area contributed by atoms with Gasteiger partial charge in [0.2, 0.25) is 0 Å². The van der Waals surface area contributed by atoms with Crippen LogP contribution < -0.4 is 0 Å². The molecule has 1 aliphatic heterocycles. The molecule has 0 amide bonds. The molecule has 0 aliphatic carbocycles. The van der Waals surface area contributed by atoms with Gasteiger partial charge in [-0.3, -0.25) is 9.80 Å². The number of aliphatic hydroxyl groups is 1. The molecule has 0 radical (unpaired) electrons. The zero-order valence-corrected chi connectivity index (χ0v) is 18.5. The first-order valence-corrected chi connectivity index (χ1v) is 11.0. The summed E-state index contributed by atoms with van der Waals surface area (Å²) in [5.41, 5.74) is -0.880. The molecule has 2 aromatic carbocycles. The van der Waals surface area contributed by atoms with Crippen molar-refractivity contribution < 1.29 is 18.3 Å². The number of nitrogens with zero attached hydrogens (tertiary/aromatic N) is 5. The number of piperidine rings is 1. The van der Waals surface area contributed by atoms with E-state index in [9.17, 15) is 18.3 Å². The Bertz CT molecular complexity index is 1060. The van der Waals surface area contributed by atoms with Crippen molar-refractivity contribution in [3.8, 4) is 0 Å². The maximum Gasteiger partial charge on any atom is 0.137 e. The van der Waals surface area contributed by atoms with Crippen molar-refractivity contribution >= 4 is 0 Å². The summed E-state index contributed by atoms with van der Waals surface area (Å²) in [5.74, 6) is -1.49. The lowest BCUT2D eigenvalue weighted by atomic mass is 9.89. The smallest absolute Gasteiger partial charge is 0.137 e. The summed E-state index contributed by atoms with van der Waals surface area (Å²) in [6.07, 6.45) is 4.46. The van der Waals surface area contributed by atoms with Gasteiger partial charge in [0.1, 0.15) is 35.7 Å². The monoisotopic (exact) mass is 459 g/mol. The van der Waals surface area contributed by atoms with Crippen LogP contribution >= 0.6 is 0 Å². The van der Waals surface area contributed by atoms with Crippen LogP contribution in [0.5, 0.6) is 0 Å². The minimum Gasteiger partial charge on any atom is -0.382 e. The first-order valence-electron chi connectivity index (χ1n) is 11.0. The molecule has 1 unspecified atom stereocenters. The summed E-state index contributed by atoms with van der Waals surface area (Å²) in [7, 11) is 1.84. The van der Waals surface area contributed by atoms with Gasteiger partial charge in [-0.05, 0) is 56.6 Å². The van der Waals surface area contributed by atoms with Gasteiger partial charge in [-0.15, -0.1) is 0 Å². The second-order valence-electron chi connectivity index (χ2n) is 8.82. The minimum absolute atomic E-state index is 0.00418. The fraction of sp³-hybridized carbons (Fsp3) is 0.417. The lowest BCUT2D eigenvalue weighted by Gasteiger charge is -2.38. The summed E-state index contributed by atoms with van der Waals surface area (Å²) >= 11 is 0. The summed E-state index contributed by atoms with van der Waals surface area (Å²) in [5, 5.41) is 15.5. The van der Waals surface area contributed by atoms with Crippen LogP contribution in [-0.4, -0.2) is 63.0 Å². The van der Waals surface area contributed by atoms with Crippen LogP contribution in [0.4, 0.5) is 13.2 Å². The van der Waals surface area contributed by atoms with E-state index in [1.54, 1.807) is 6.07 Å². The van der Waals surface area contributed by atoms with E-state index < -0.39 is 17.2 Å². The van der Waals surface area contributed by atoms with E-state index in [0.29, 0.717) is 6.67 Å². The van der Waals surface area contributed by atoms with Gasteiger partial charge in [-0.25, -0.2) is 22.8 Å². The molecule has 1 aromatic heterocycles. The molecule has 3 aromatic rings. The maximum atomic E-state index is 14.6. The number of aromatic nitrogens is 3. The molecule has 0 saturated carbocycles. The van der Waals surface area contributed by atoms with Crippen LogP contribution in [0.1, 0.15) is 29.9 Å². The maximum absolute atomic E-state index is 14.6. The Kier molecular flexibility index (Phi) is 7.11. The molecule has 1 atom stereocenters. The Labute approximate surface area is 191 Å². The highest BCUT2D eigenvalue weighted by Crippen LogP contribution is 2.31. The summed E-state index contributed by atoms with van der Waals surface area (Å²) in [4.78, 5) is 8.02. The molecule has 0 bridgehead atoms. The van der Waals surface area contributed by atoms with Gasteiger partial charge >= 0.3 is 0 Å². The molecule has 6 nitrogen and oxygen atoms in total. The van der Waals surface area contributed by atoms with Gasteiger partial charge in [0, 0.05) is 18.2 Å². The molecule has 9 heteroatoms. The number of hydrogen-bond acceptors (Lipinski definition) is 5. The molecule has 1 fully saturated rings. The van der Waals surface area contributed by atoms with E-state index in [1.165, 1.54) is 29.5 Å². The lowest BCUT2D eigenvalue weighted by Crippen LogP contribution is -2.48. The van der Waals surface area contributed by atoms with Crippen LogP contribution in [0.3, 0.4) is 0 Å². The second kappa shape index (κ2) is 10.0. The van der Waals surface area contributed by atoms with Crippen molar-refractivity contribution in [1.82, 2.24) is 24.6 Å². The van der Waals surface area contributed by atoms with Gasteiger partial charge in [0.05, 0.1) is 13.2 Å². The van der Waals surface area contributed by atoms with Gasteiger partial charge in [-0.1, -0.05) is 24.3 Å². The summed E-state index contributed by atoms with van der Waals surface area (Å²) in [6.45, 7) is 2.19. The number of hydrogen-bond donors (Lipinski definition) is 1. The van der Waals surface area contributed by atoms with Gasteiger partial charge < -0.3 is 5.11 Å². The minimum atomic E-state index is -1.65. The Hall–Kier alpha value is -2.75. The first-order chi connectivity index (χ1) is 15.8. The molecule has 1 saturated heterocycles. The molecular formula is C24H28F3N5O. The van der Waals surface area contributed by atoms with Crippen LogP contribution in [-0.2, 0) is 12.1 Å². The van der Waals surface area contributed by atoms with Crippen LogP contribution in [0.25, 0.3) is 0 Å². The molecular weight excluding hydrogens is 431 g/mol. The normalized spacial score (nSPS) is 17.4. The predicted octanol–water partition coefficient (Wildman–Crippen LogP) is 3.35. The van der Waals surface area contributed by atoms with E-state index in [4.69, 9.17) is 0 Å². The number of rotatable bonds is 8. The van der Waals surface area contributed by atoms with Crippen LogP contribution in [0.2, 0.25) is 0 Å². The van der Waals surface area contributed by atoms with Crippen molar-refractivity contribution in [3.05, 3.63) is 83.7 Å². The Morgan fingerprint density at radius 2 is 1.85 bits per heavy atom. The van der Waals surface area contributed by atoms with Crippen molar-refractivity contribution in [3.63, 3.8) is 0 Å². The molecule has 2 heterocycles. The van der Waals surface area contributed by atoms with E-state index in [0.717, 1.165) is 43.6 Å². The van der Waals surface area contributed by atoms with E-state index in [1.807, 2.05) is 24.1 Å². The third kappa shape index (κ3) is 5.61. The highest BCUT2D eigenvalue weighted by Gasteiger charge is 2.35.